The number of hydrogen-bond acceptors (Lipinski definition) is 3. The Kier molecular flexibility index (Phi) is 93.6. The molecular formula is C2H5N2NaO3. The van der Waals surface area contributed by atoms with Crippen molar-refractivity contribution in [1.82, 2.24) is 6.15 Å². The van der Waals surface area contributed by atoms with Crippen LogP contribution < -0.4 is 40.8 Å². The molecule has 0 rings (SSSR count). The first-order valence-corrected chi connectivity index (χ1v) is 0.855. The van der Waals surface area contributed by atoms with E-state index in [0.29, 0.717) is 0 Å². The second kappa shape index (κ2) is 29.7. The summed E-state index contributed by atoms with van der Waals surface area (Å²) in [5.41, 5.74) is 0. The molecule has 5 nitrogen and oxygen atoms in total. The first-order chi connectivity index (χ1) is 2.73. The number of carbonyl (C=O) groups is 1. The first kappa shape index (κ1) is 25.2. The Bertz CT molecular complexity index is 59.5. The molecule has 0 fully saturated rings. The van der Waals surface area contributed by atoms with Gasteiger partial charge in [0.15, 0.2) is 0 Å². The van der Waals surface area contributed by atoms with Crippen molar-refractivity contribution in [2.45, 2.75) is 0 Å². The van der Waals surface area contributed by atoms with Gasteiger partial charge in [-0.25, -0.2) is 0 Å². The molecule has 0 heterocycles. The minimum Gasteiger partial charge on any atom is -0.565 e. The van der Waals surface area contributed by atoms with Crippen LogP contribution in [-0.2, 0) is 0 Å². The van der Waals surface area contributed by atoms with Gasteiger partial charge in [-0.15, -0.1) is 0 Å². The second-order valence-electron chi connectivity index (χ2n) is 0.266. The van der Waals surface area contributed by atoms with E-state index in [1.807, 2.05) is 0 Å². The van der Waals surface area contributed by atoms with Crippen LogP contribution in [0.5, 0.6) is 0 Å². The number of hydrogen-bond donors (Lipinski definition) is 2. The molecule has 0 saturated carbocycles. The molecule has 0 aliphatic rings. The van der Waals surface area contributed by atoms with E-state index in [0.717, 1.165) is 0 Å². The van der Waals surface area contributed by atoms with E-state index in [1.54, 1.807) is 0 Å². The van der Waals surface area contributed by atoms with E-state index >= 15 is 0 Å². The molecule has 42 valence electrons. The number of rotatable bonds is 0. The van der Waals surface area contributed by atoms with E-state index in [4.69, 9.17) is 26.8 Å². The van der Waals surface area contributed by atoms with Gasteiger partial charge in [-0.3, -0.25) is 0 Å². The predicted octanol–water partition coefficient (Wildman–Crippen LogP) is -3.64. The topological polar surface area (TPSA) is 121 Å². The van der Waals surface area contributed by atoms with Crippen molar-refractivity contribution < 1.29 is 44.6 Å². The Labute approximate surface area is 68.8 Å². The average Bonchev–Trinajstić information content (AvgIpc) is 1.41. The standard InChI is InChI=1S/CN.CH2O3.H3N.Na/c1-2;2-1(3)4;;/h;(H2,2,3,4);1H3;/q-1;;;+1. The number of quaternary nitrogens is 1. The number of nitrogens with zero attached hydrogens (tertiary/aromatic N) is 1. The molecule has 0 unspecified atom stereocenters. The van der Waals surface area contributed by atoms with Crippen molar-refractivity contribution in [1.29, 1.82) is 5.26 Å². The summed E-state index contributed by atoms with van der Waals surface area (Å²) in [7, 11) is 0. The summed E-state index contributed by atoms with van der Waals surface area (Å²) in [5, 5.41) is 21.6. The van der Waals surface area contributed by atoms with E-state index in [-0.39, 0.29) is 35.7 Å². The van der Waals surface area contributed by atoms with Crippen molar-refractivity contribution >= 4 is 6.16 Å². The molecule has 0 aliphatic heterocycles. The summed E-state index contributed by atoms with van der Waals surface area (Å²) in [5.74, 6) is 0. The summed E-state index contributed by atoms with van der Waals surface area (Å²) in [6.45, 7) is 4.75. The summed E-state index contributed by atoms with van der Waals surface area (Å²) in [6.07, 6.45) is -2.08. The summed E-state index contributed by atoms with van der Waals surface area (Å²) in [4.78, 5) is 8.44. The Morgan fingerprint density at radius 3 is 1.62 bits per heavy atom. The molecule has 5 N–H and O–H groups in total. The summed E-state index contributed by atoms with van der Waals surface area (Å²) in [6, 6.07) is 0. The van der Waals surface area contributed by atoms with E-state index in [2.05, 4.69) is 0 Å². The van der Waals surface area contributed by atoms with Crippen LogP contribution in [0.2, 0.25) is 0 Å². The molecule has 0 atom stereocenters. The Morgan fingerprint density at radius 2 is 1.62 bits per heavy atom. The van der Waals surface area contributed by atoms with Gasteiger partial charge in [0.2, 0.25) is 6.16 Å². The normalized spacial score (nSPS) is 3.25. The van der Waals surface area contributed by atoms with Gasteiger partial charge in [-0.2, -0.15) is 0 Å². The molecule has 0 saturated heterocycles. The van der Waals surface area contributed by atoms with Crippen LogP contribution in [0, 0.1) is 11.8 Å². The van der Waals surface area contributed by atoms with Crippen molar-refractivity contribution in [2.24, 2.45) is 0 Å². The Balaban J connectivity index is -0.0000000183. The molecule has 8 heavy (non-hydrogen) atoms. The van der Waals surface area contributed by atoms with Crippen LogP contribution in [-0.4, -0.2) is 11.3 Å². The van der Waals surface area contributed by atoms with E-state index < -0.39 is 6.16 Å². The minimum atomic E-state index is -2.08. The Hall–Kier alpha value is -0.280. The van der Waals surface area contributed by atoms with Crippen LogP contribution in [0.3, 0.4) is 0 Å². The molecule has 0 aromatic carbocycles. The van der Waals surface area contributed by atoms with Crippen LogP contribution in [0.15, 0.2) is 0 Å². The summed E-state index contributed by atoms with van der Waals surface area (Å²) >= 11 is 0. The minimum absolute atomic E-state index is 0. The maximum absolute atomic E-state index is 8.44. The molecule has 0 spiro atoms. The third-order valence-corrected chi connectivity index (χ3v) is 0. The molecule has 0 radical (unpaired) electrons. The quantitative estimate of drug-likeness (QED) is 0.258. The molecule has 6 heteroatoms. The van der Waals surface area contributed by atoms with Crippen molar-refractivity contribution in [3.8, 4) is 0 Å². The summed E-state index contributed by atoms with van der Waals surface area (Å²) < 4.78 is 0. The Morgan fingerprint density at radius 1 is 1.62 bits per heavy atom. The fraction of sp³-hybridized carbons (Fsp3) is 0. The van der Waals surface area contributed by atoms with Crippen LogP contribution in [0.1, 0.15) is 0 Å². The van der Waals surface area contributed by atoms with Gasteiger partial charge in [-0.1, -0.05) is 0 Å². The van der Waals surface area contributed by atoms with Crippen LogP contribution in [0.4, 0.5) is 4.79 Å². The maximum Gasteiger partial charge on any atom is 1.00 e. The molecule has 0 aromatic rings. The number of carboxylic acid groups (broad SMARTS) is 2. The zero-order valence-electron chi connectivity index (χ0n) is 4.71. The van der Waals surface area contributed by atoms with E-state index in [9.17, 15) is 0 Å². The predicted molar refractivity (Wildman–Crippen MR) is 19.0 cm³/mol. The molecular weight excluding hydrogens is 123 g/mol. The first-order valence-electron chi connectivity index (χ1n) is 0.855. The van der Waals surface area contributed by atoms with Gasteiger partial charge in [0.1, 0.15) is 0 Å². The largest absolute Gasteiger partial charge is 1.00 e. The second-order valence-corrected chi connectivity index (χ2v) is 0.266. The van der Waals surface area contributed by atoms with Crippen molar-refractivity contribution in [3.05, 3.63) is 6.57 Å². The fourth-order valence-corrected chi connectivity index (χ4v) is 0. The molecule has 0 amide bonds. The average molecular weight is 128 g/mol. The van der Waals surface area contributed by atoms with Crippen molar-refractivity contribution in [2.75, 3.05) is 0 Å². The van der Waals surface area contributed by atoms with Crippen LogP contribution >= 0.6 is 0 Å². The van der Waals surface area contributed by atoms with Crippen LogP contribution in [0.25, 0.3) is 0 Å². The SMILES string of the molecule is O=C([O-])O.[C-]#N.[NH4+].[Na+]. The van der Waals surface area contributed by atoms with Gasteiger partial charge in [-0.05, 0) is 0 Å². The molecule has 0 aromatic heterocycles. The van der Waals surface area contributed by atoms with Gasteiger partial charge in [0.05, 0.1) is 0 Å². The third kappa shape index (κ3) is 1630. The van der Waals surface area contributed by atoms with E-state index in [1.165, 1.54) is 0 Å². The molecule has 0 aliphatic carbocycles. The zero-order valence-corrected chi connectivity index (χ0v) is 6.71. The zero-order chi connectivity index (χ0) is 5.58. The van der Waals surface area contributed by atoms with Gasteiger partial charge < -0.3 is 33.0 Å². The monoisotopic (exact) mass is 128 g/mol. The maximum atomic E-state index is 8.44. The van der Waals surface area contributed by atoms with Gasteiger partial charge >= 0.3 is 29.6 Å². The third-order valence-electron chi connectivity index (χ3n) is 0. The molecule has 0 bridgehead atoms. The van der Waals surface area contributed by atoms with Gasteiger partial charge in [0.25, 0.3) is 0 Å². The van der Waals surface area contributed by atoms with Crippen molar-refractivity contribution in [3.63, 3.8) is 0 Å². The fourth-order valence-electron chi connectivity index (χ4n) is 0. The van der Waals surface area contributed by atoms with Gasteiger partial charge in [0, 0.05) is 0 Å². The smallest absolute Gasteiger partial charge is 0.565 e.